The fraction of sp³-hybridized carbons (Fsp3) is 0.318. The smallest absolute Gasteiger partial charge is 0.293 e. The average molecular weight is 425 g/mol. The minimum atomic E-state index is -0.750. The van der Waals surface area contributed by atoms with E-state index in [1.807, 2.05) is 23.6 Å². The number of likely N-dealkylation sites (N-methyl/N-ethyl adjacent to an activating group) is 1. The van der Waals surface area contributed by atoms with E-state index in [0.29, 0.717) is 42.1 Å². The standard InChI is InChI=1S/C22H24FN5O3/c1-26(2)16-7-8-27(12-16)22(30)18-13-28(11-14-3-5-15(23)6-4-14)20-10-24-19(9-17(18)20)21(29)25-31/h3-6,9-10,13,16,31H,7-8,11-12H2,1-2H3,(H,25,29). The molecular formula is C22H24FN5O3. The van der Waals surface area contributed by atoms with Crippen LogP contribution in [0.3, 0.4) is 0 Å². The summed E-state index contributed by atoms with van der Waals surface area (Å²) >= 11 is 0. The molecule has 0 radical (unpaired) electrons. The summed E-state index contributed by atoms with van der Waals surface area (Å²) in [6.07, 6.45) is 4.15. The van der Waals surface area contributed by atoms with E-state index in [4.69, 9.17) is 5.21 Å². The molecule has 8 nitrogen and oxygen atoms in total. The highest BCUT2D eigenvalue weighted by Crippen LogP contribution is 2.26. The van der Waals surface area contributed by atoms with Gasteiger partial charge >= 0.3 is 0 Å². The van der Waals surface area contributed by atoms with Crippen molar-refractivity contribution in [3.05, 3.63) is 65.4 Å². The Labute approximate surface area is 178 Å². The molecular weight excluding hydrogens is 401 g/mol. The molecule has 1 aliphatic heterocycles. The van der Waals surface area contributed by atoms with Gasteiger partial charge in [-0.05, 0) is 44.3 Å². The van der Waals surface area contributed by atoms with Gasteiger partial charge < -0.3 is 14.4 Å². The minimum absolute atomic E-state index is 0.0103. The molecule has 1 saturated heterocycles. The van der Waals surface area contributed by atoms with Crippen molar-refractivity contribution in [1.29, 1.82) is 0 Å². The van der Waals surface area contributed by atoms with Gasteiger partial charge in [-0.2, -0.15) is 0 Å². The number of nitrogens with zero attached hydrogens (tertiary/aromatic N) is 4. The third-order valence-electron chi connectivity index (χ3n) is 5.78. The summed E-state index contributed by atoms with van der Waals surface area (Å²) in [5.74, 6) is -1.18. The average Bonchev–Trinajstić information content (AvgIpc) is 3.40. The first-order valence-electron chi connectivity index (χ1n) is 10.0. The van der Waals surface area contributed by atoms with Crippen molar-refractivity contribution >= 4 is 22.7 Å². The maximum absolute atomic E-state index is 13.4. The maximum Gasteiger partial charge on any atom is 0.293 e. The van der Waals surface area contributed by atoms with Gasteiger partial charge in [0.05, 0.1) is 17.3 Å². The number of nitrogens with one attached hydrogen (secondary N) is 1. The lowest BCUT2D eigenvalue weighted by atomic mass is 10.1. The molecule has 1 atom stereocenters. The summed E-state index contributed by atoms with van der Waals surface area (Å²) in [7, 11) is 4.00. The van der Waals surface area contributed by atoms with Crippen molar-refractivity contribution in [2.24, 2.45) is 0 Å². The van der Waals surface area contributed by atoms with Crippen LogP contribution in [0.5, 0.6) is 0 Å². The third-order valence-corrected chi connectivity index (χ3v) is 5.78. The van der Waals surface area contributed by atoms with Crippen LogP contribution in [0.2, 0.25) is 0 Å². The fourth-order valence-electron chi connectivity index (χ4n) is 3.98. The Morgan fingerprint density at radius 3 is 2.68 bits per heavy atom. The number of fused-ring (bicyclic) bond motifs is 1. The predicted octanol–water partition coefficient (Wildman–Crippen LogP) is 2.12. The number of likely N-dealkylation sites (tertiary alicyclic amines) is 1. The molecule has 1 aliphatic rings. The van der Waals surface area contributed by atoms with E-state index in [-0.39, 0.29) is 17.4 Å². The number of carbonyl (C=O) groups excluding carboxylic acids is 2. The SMILES string of the molecule is CN(C)C1CCN(C(=O)c2cn(Cc3ccc(F)cc3)c3cnc(C(=O)NO)cc23)C1. The van der Waals surface area contributed by atoms with Crippen LogP contribution in [-0.4, -0.2) is 69.6 Å². The lowest BCUT2D eigenvalue weighted by Crippen LogP contribution is -2.34. The zero-order valence-corrected chi connectivity index (χ0v) is 17.4. The lowest BCUT2D eigenvalue weighted by molar-refractivity contribution is 0.0700. The summed E-state index contributed by atoms with van der Waals surface area (Å²) in [5.41, 5.74) is 3.59. The van der Waals surface area contributed by atoms with E-state index in [1.54, 1.807) is 23.8 Å². The Morgan fingerprint density at radius 2 is 2.03 bits per heavy atom. The van der Waals surface area contributed by atoms with E-state index < -0.39 is 5.91 Å². The molecule has 3 aromatic rings. The van der Waals surface area contributed by atoms with E-state index in [0.717, 1.165) is 12.0 Å². The molecule has 3 heterocycles. The molecule has 2 amide bonds. The number of rotatable bonds is 5. The molecule has 0 bridgehead atoms. The summed E-state index contributed by atoms with van der Waals surface area (Å²) < 4.78 is 15.1. The molecule has 2 aromatic heterocycles. The van der Waals surface area contributed by atoms with Crippen molar-refractivity contribution < 1.29 is 19.2 Å². The van der Waals surface area contributed by atoms with Crippen LogP contribution in [0.15, 0.2) is 42.7 Å². The van der Waals surface area contributed by atoms with Crippen LogP contribution in [0.1, 0.15) is 32.8 Å². The van der Waals surface area contributed by atoms with Gasteiger partial charge in [-0.25, -0.2) is 14.9 Å². The molecule has 0 aliphatic carbocycles. The Hall–Kier alpha value is -3.30. The lowest BCUT2D eigenvalue weighted by Gasteiger charge is -2.20. The van der Waals surface area contributed by atoms with Crippen LogP contribution >= 0.6 is 0 Å². The molecule has 31 heavy (non-hydrogen) atoms. The number of hydroxylamine groups is 1. The number of benzene rings is 1. The van der Waals surface area contributed by atoms with Gasteiger partial charge in [0.25, 0.3) is 11.8 Å². The van der Waals surface area contributed by atoms with Crippen molar-refractivity contribution in [1.82, 2.24) is 24.8 Å². The van der Waals surface area contributed by atoms with Gasteiger partial charge in [0.1, 0.15) is 11.5 Å². The van der Waals surface area contributed by atoms with E-state index in [2.05, 4.69) is 9.88 Å². The highest BCUT2D eigenvalue weighted by atomic mass is 19.1. The maximum atomic E-state index is 13.4. The van der Waals surface area contributed by atoms with Crippen LogP contribution in [0, 0.1) is 5.82 Å². The molecule has 162 valence electrons. The quantitative estimate of drug-likeness (QED) is 0.483. The van der Waals surface area contributed by atoms with Crippen LogP contribution in [-0.2, 0) is 6.54 Å². The number of hydrogen-bond donors (Lipinski definition) is 2. The van der Waals surface area contributed by atoms with Crippen molar-refractivity contribution in [2.75, 3.05) is 27.2 Å². The van der Waals surface area contributed by atoms with Gasteiger partial charge in [-0.1, -0.05) is 12.1 Å². The Morgan fingerprint density at radius 1 is 1.29 bits per heavy atom. The van der Waals surface area contributed by atoms with Crippen molar-refractivity contribution in [3.8, 4) is 0 Å². The molecule has 9 heteroatoms. The van der Waals surface area contributed by atoms with Gasteiger partial charge in [0, 0.05) is 37.3 Å². The van der Waals surface area contributed by atoms with Gasteiger partial charge in [-0.15, -0.1) is 0 Å². The van der Waals surface area contributed by atoms with Gasteiger partial charge in [0.2, 0.25) is 0 Å². The number of hydrogen-bond acceptors (Lipinski definition) is 5. The number of amides is 2. The minimum Gasteiger partial charge on any atom is -0.341 e. The second-order valence-corrected chi connectivity index (χ2v) is 7.98. The Kier molecular flexibility index (Phi) is 5.71. The number of pyridine rings is 1. The zero-order chi connectivity index (χ0) is 22.1. The monoisotopic (exact) mass is 425 g/mol. The van der Waals surface area contributed by atoms with E-state index in [9.17, 15) is 14.0 Å². The van der Waals surface area contributed by atoms with Crippen molar-refractivity contribution in [3.63, 3.8) is 0 Å². The molecule has 1 aromatic carbocycles. The zero-order valence-electron chi connectivity index (χ0n) is 17.4. The Bertz CT molecular complexity index is 1130. The second kappa shape index (κ2) is 8.44. The fourth-order valence-corrected chi connectivity index (χ4v) is 3.98. The van der Waals surface area contributed by atoms with E-state index in [1.165, 1.54) is 24.4 Å². The normalized spacial score (nSPS) is 16.3. The highest BCUT2D eigenvalue weighted by molar-refractivity contribution is 6.08. The first-order chi connectivity index (χ1) is 14.9. The first kappa shape index (κ1) is 21.0. The molecule has 4 rings (SSSR count). The van der Waals surface area contributed by atoms with Crippen LogP contribution < -0.4 is 5.48 Å². The largest absolute Gasteiger partial charge is 0.341 e. The summed E-state index contributed by atoms with van der Waals surface area (Å²) in [6, 6.07) is 7.96. The second-order valence-electron chi connectivity index (χ2n) is 7.98. The van der Waals surface area contributed by atoms with Crippen LogP contribution in [0.25, 0.3) is 10.9 Å². The number of aromatic nitrogens is 2. The van der Waals surface area contributed by atoms with Crippen LogP contribution in [0.4, 0.5) is 4.39 Å². The van der Waals surface area contributed by atoms with E-state index >= 15 is 0 Å². The molecule has 1 fully saturated rings. The van der Waals surface area contributed by atoms with Gasteiger partial charge in [0.15, 0.2) is 0 Å². The molecule has 2 N–H and O–H groups in total. The molecule has 0 spiro atoms. The topological polar surface area (TPSA) is 90.7 Å². The molecule has 0 saturated carbocycles. The highest BCUT2D eigenvalue weighted by Gasteiger charge is 2.30. The van der Waals surface area contributed by atoms with Crippen molar-refractivity contribution in [2.45, 2.75) is 19.0 Å². The summed E-state index contributed by atoms with van der Waals surface area (Å²) in [4.78, 5) is 33.3. The van der Waals surface area contributed by atoms with Gasteiger partial charge in [-0.3, -0.25) is 14.8 Å². The molecule has 1 unspecified atom stereocenters. The Balaban J connectivity index is 1.74. The summed E-state index contributed by atoms with van der Waals surface area (Å²) in [5, 5.41) is 9.54. The number of halogens is 1. The predicted molar refractivity (Wildman–Crippen MR) is 112 cm³/mol. The third kappa shape index (κ3) is 4.14. The number of carbonyl (C=O) groups is 2. The first-order valence-corrected chi connectivity index (χ1v) is 10.0. The summed E-state index contributed by atoms with van der Waals surface area (Å²) in [6.45, 7) is 1.70.